The number of hydrogen-bond acceptors (Lipinski definition) is 9. The van der Waals surface area contributed by atoms with Crippen LogP contribution in [-0.2, 0) is 33.6 Å². The van der Waals surface area contributed by atoms with Gasteiger partial charge < -0.3 is 42.1 Å². The highest BCUT2D eigenvalue weighted by molar-refractivity contribution is 7.80. The number of carbonyl (C=O) groups excluding carboxylic acids is 3. The van der Waals surface area contributed by atoms with Crippen molar-refractivity contribution in [1.82, 2.24) is 16.0 Å². The Kier molecular flexibility index (Phi) is 13.1. The lowest BCUT2D eigenvalue weighted by atomic mass is 10.1. The van der Waals surface area contributed by atoms with Crippen molar-refractivity contribution in [3.05, 3.63) is 0 Å². The molecule has 33 heavy (non-hydrogen) atoms. The van der Waals surface area contributed by atoms with Crippen molar-refractivity contribution >= 4 is 54.2 Å². The largest absolute Gasteiger partial charge is 0.481 e. The van der Waals surface area contributed by atoms with Gasteiger partial charge in [0.2, 0.25) is 17.7 Å². The molecule has 3 amide bonds. The Morgan fingerprint density at radius 1 is 0.667 bits per heavy atom. The summed E-state index contributed by atoms with van der Waals surface area (Å²) in [6, 6.07) is -6.15. The molecular formula is C17H26N4O11S. The third kappa shape index (κ3) is 12.3. The Morgan fingerprint density at radius 2 is 1.12 bits per heavy atom. The van der Waals surface area contributed by atoms with Gasteiger partial charge in [-0.3, -0.25) is 28.8 Å². The second kappa shape index (κ2) is 14.6. The first-order valence-electron chi connectivity index (χ1n) is 9.44. The van der Waals surface area contributed by atoms with Gasteiger partial charge >= 0.3 is 23.9 Å². The van der Waals surface area contributed by atoms with Crippen LogP contribution in [0, 0.1) is 0 Å². The van der Waals surface area contributed by atoms with Crippen molar-refractivity contribution in [3.8, 4) is 0 Å². The van der Waals surface area contributed by atoms with Gasteiger partial charge in [-0.05, 0) is 12.8 Å². The number of rotatable bonds is 16. The van der Waals surface area contributed by atoms with Gasteiger partial charge in [-0.1, -0.05) is 0 Å². The quantitative estimate of drug-likeness (QED) is 0.0971. The van der Waals surface area contributed by atoms with Crippen molar-refractivity contribution in [1.29, 1.82) is 0 Å². The highest BCUT2D eigenvalue weighted by Gasteiger charge is 2.31. The maximum Gasteiger partial charge on any atom is 0.327 e. The molecule has 0 rings (SSSR count). The minimum absolute atomic E-state index is 0.299. The number of carboxylic acids is 4. The predicted molar refractivity (Wildman–Crippen MR) is 111 cm³/mol. The van der Waals surface area contributed by atoms with Gasteiger partial charge in [0.05, 0.1) is 12.5 Å². The molecular weight excluding hydrogens is 468 g/mol. The summed E-state index contributed by atoms with van der Waals surface area (Å²) >= 11 is 3.77. The Morgan fingerprint density at radius 3 is 1.58 bits per heavy atom. The Balaban J connectivity index is 5.47. The van der Waals surface area contributed by atoms with Gasteiger partial charge in [-0.25, -0.2) is 4.79 Å². The van der Waals surface area contributed by atoms with E-state index >= 15 is 0 Å². The Labute approximate surface area is 192 Å². The Bertz CT molecular complexity index is 776. The van der Waals surface area contributed by atoms with Gasteiger partial charge in [0, 0.05) is 18.6 Å². The first-order valence-corrected chi connectivity index (χ1v) is 10.1. The van der Waals surface area contributed by atoms with Crippen LogP contribution in [0.4, 0.5) is 0 Å². The van der Waals surface area contributed by atoms with Crippen LogP contribution in [0.5, 0.6) is 0 Å². The molecule has 0 aliphatic heterocycles. The van der Waals surface area contributed by atoms with E-state index in [1.54, 1.807) is 0 Å². The molecule has 4 atom stereocenters. The molecule has 0 saturated heterocycles. The standard InChI is InChI=1S/C17H26N4O11S/c18-7(1-3-11(22)23)14(28)20-9(5-13(26)27)16(30)19-8(2-4-12(24)25)15(29)21-10(6-33)17(31)32/h7-10,33H,1-6,18H2,(H,19,30)(H,20,28)(H,21,29)(H,22,23)(H,24,25)(H,26,27)(H,31,32). The first-order chi connectivity index (χ1) is 15.3. The van der Waals surface area contributed by atoms with Crippen molar-refractivity contribution in [2.45, 2.75) is 56.3 Å². The van der Waals surface area contributed by atoms with E-state index in [0.29, 0.717) is 0 Å². The van der Waals surface area contributed by atoms with Crippen molar-refractivity contribution in [2.24, 2.45) is 5.73 Å². The van der Waals surface area contributed by atoms with E-state index in [2.05, 4.69) is 23.3 Å². The van der Waals surface area contributed by atoms with E-state index in [9.17, 15) is 33.6 Å². The molecule has 4 unspecified atom stereocenters. The van der Waals surface area contributed by atoms with E-state index in [0.717, 1.165) is 0 Å². The SMILES string of the molecule is NC(CCC(=O)O)C(=O)NC(CC(=O)O)C(=O)NC(CCC(=O)O)C(=O)NC(CS)C(=O)O. The van der Waals surface area contributed by atoms with Gasteiger partial charge in [0.25, 0.3) is 0 Å². The van der Waals surface area contributed by atoms with Gasteiger partial charge in [-0.15, -0.1) is 0 Å². The van der Waals surface area contributed by atoms with E-state index in [4.69, 9.17) is 26.2 Å². The van der Waals surface area contributed by atoms with Crippen LogP contribution in [0.2, 0.25) is 0 Å². The zero-order valence-corrected chi connectivity index (χ0v) is 18.1. The van der Waals surface area contributed by atoms with Crippen LogP contribution in [0.1, 0.15) is 32.1 Å². The van der Waals surface area contributed by atoms with Gasteiger partial charge in [0.15, 0.2) is 0 Å². The Hall–Kier alpha value is -3.40. The highest BCUT2D eigenvalue weighted by atomic mass is 32.1. The van der Waals surface area contributed by atoms with Gasteiger partial charge in [0.1, 0.15) is 18.1 Å². The van der Waals surface area contributed by atoms with E-state index in [-0.39, 0.29) is 12.2 Å². The molecule has 0 fully saturated rings. The fraction of sp³-hybridized carbons (Fsp3) is 0.588. The zero-order chi connectivity index (χ0) is 25.7. The lowest BCUT2D eigenvalue weighted by Crippen LogP contribution is -2.57. The minimum atomic E-state index is -1.74. The zero-order valence-electron chi connectivity index (χ0n) is 17.2. The summed E-state index contributed by atoms with van der Waals surface area (Å²) in [6.45, 7) is 0. The summed E-state index contributed by atoms with van der Waals surface area (Å²) in [5.41, 5.74) is 5.53. The molecule has 16 heteroatoms. The van der Waals surface area contributed by atoms with Crippen LogP contribution < -0.4 is 21.7 Å². The molecule has 0 aromatic carbocycles. The van der Waals surface area contributed by atoms with Crippen LogP contribution in [0.15, 0.2) is 0 Å². The van der Waals surface area contributed by atoms with E-state index in [1.165, 1.54) is 0 Å². The molecule has 0 aromatic rings. The summed E-state index contributed by atoms with van der Waals surface area (Å²) in [5, 5.41) is 41.7. The maximum atomic E-state index is 12.6. The number of carboxylic acid groups (broad SMARTS) is 4. The van der Waals surface area contributed by atoms with E-state index in [1.807, 2.05) is 5.32 Å². The molecule has 9 N–H and O–H groups in total. The fourth-order valence-corrected chi connectivity index (χ4v) is 2.59. The normalized spacial score (nSPS) is 14.1. The monoisotopic (exact) mass is 494 g/mol. The number of amides is 3. The van der Waals surface area contributed by atoms with Crippen LogP contribution in [0.25, 0.3) is 0 Å². The number of thiol groups is 1. The maximum absolute atomic E-state index is 12.6. The second-order valence-electron chi connectivity index (χ2n) is 6.77. The third-order valence-electron chi connectivity index (χ3n) is 4.09. The molecule has 0 radical (unpaired) electrons. The predicted octanol–water partition coefficient (Wildman–Crippen LogP) is -3.01. The molecule has 0 aromatic heterocycles. The lowest BCUT2D eigenvalue weighted by Gasteiger charge is -2.24. The van der Waals surface area contributed by atoms with Crippen LogP contribution >= 0.6 is 12.6 Å². The number of nitrogens with two attached hydrogens (primary N) is 1. The molecule has 186 valence electrons. The molecule has 0 heterocycles. The highest BCUT2D eigenvalue weighted by Crippen LogP contribution is 2.04. The summed E-state index contributed by atoms with van der Waals surface area (Å²) < 4.78 is 0. The minimum Gasteiger partial charge on any atom is -0.481 e. The lowest BCUT2D eigenvalue weighted by molar-refractivity contribution is -0.143. The molecule has 15 nitrogen and oxygen atoms in total. The van der Waals surface area contributed by atoms with Crippen molar-refractivity contribution in [2.75, 3.05) is 5.75 Å². The number of hydrogen-bond donors (Lipinski definition) is 9. The molecule has 0 saturated carbocycles. The van der Waals surface area contributed by atoms with Crippen LogP contribution in [-0.4, -0.2) is 91.9 Å². The van der Waals surface area contributed by atoms with Crippen molar-refractivity contribution in [3.63, 3.8) is 0 Å². The molecule has 0 spiro atoms. The summed E-state index contributed by atoms with van der Waals surface area (Å²) in [5.74, 6) is -9.09. The number of aliphatic carboxylic acids is 4. The van der Waals surface area contributed by atoms with Crippen LogP contribution in [0.3, 0.4) is 0 Å². The first kappa shape index (κ1) is 29.6. The average Bonchev–Trinajstić information content (AvgIpc) is 2.71. The smallest absolute Gasteiger partial charge is 0.327 e. The molecule has 0 bridgehead atoms. The van der Waals surface area contributed by atoms with E-state index < -0.39 is 91.4 Å². The average molecular weight is 494 g/mol. The number of nitrogens with one attached hydrogen (secondary N) is 3. The summed E-state index contributed by atoms with van der Waals surface area (Å²) in [6.07, 6.45) is -2.78. The topological polar surface area (TPSA) is 263 Å². The van der Waals surface area contributed by atoms with Crippen molar-refractivity contribution < 1.29 is 54.0 Å². The fourth-order valence-electron chi connectivity index (χ4n) is 2.34. The summed E-state index contributed by atoms with van der Waals surface area (Å²) in [4.78, 5) is 80.7. The molecule has 0 aliphatic rings. The second-order valence-corrected chi connectivity index (χ2v) is 7.14. The number of carbonyl (C=O) groups is 7. The van der Waals surface area contributed by atoms with Gasteiger partial charge in [-0.2, -0.15) is 12.6 Å². The summed E-state index contributed by atoms with van der Waals surface area (Å²) in [7, 11) is 0. The third-order valence-corrected chi connectivity index (χ3v) is 4.46. The molecule has 0 aliphatic carbocycles.